The molecule has 2 rings (SSSR count). The molecule has 0 bridgehead atoms. The molecule has 0 radical (unpaired) electrons. The molecule has 0 aliphatic heterocycles. The Balaban J connectivity index is 2.39. The van der Waals surface area contributed by atoms with E-state index >= 15 is 0 Å². The number of carbonyl (C=O) groups is 1. The van der Waals surface area contributed by atoms with Gasteiger partial charge in [-0.25, -0.2) is 0 Å². The molecule has 120 valence electrons. The van der Waals surface area contributed by atoms with Gasteiger partial charge in [-0.05, 0) is 10.6 Å². The number of allylic oxidation sites excluding steroid dienone is 1. The molecule has 0 saturated heterocycles. The molecule has 0 spiro atoms. The largest absolute Gasteiger partial charge is 0.469 e. The highest BCUT2D eigenvalue weighted by Gasteiger charge is 2.27. The van der Waals surface area contributed by atoms with E-state index in [9.17, 15) is 4.79 Å². The van der Waals surface area contributed by atoms with E-state index in [1.165, 1.54) is 17.7 Å². The lowest BCUT2D eigenvalue weighted by atomic mass is 10.3. The Kier molecular flexibility index (Phi) is 6.32. The fraction of sp³-hybridized carbons (Fsp3) is 0.211. The van der Waals surface area contributed by atoms with Gasteiger partial charge in [-0.1, -0.05) is 91.5 Å². The fourth-order valence-electron chi connectivity index (χ4n) is 2.48. The first-order valence-electron chi connectivity index (χ1n) is 7.53. The molecule has 0 fully saturated rings. The van der Waals surface area contributed by atoms with Gasteiger partial charge in [0.2, 0.25) is 0 Å². The minimum Gasteiger partial charge on any atom is -0.469 e. The van der Waals surface area contributed by atoms with E-state index in [1.54, 1.807) is 0 Å². The Morgan fingerprint density at radius 3 is 2.00 bits per heavy atom. The van der Waals surface area contributed by atoms with Crippen LogP contribution in [0, 0.1) is 0 Å². The van der Waals surface area contributed by atoms with Crippen molar-refractivity contribution in [3.63, 3.8) is 0 Å². The second-order valence-electron chi connectivity index (χ2n) is 5.28. The van der Waals surface area contributed by atoms with E-state index in [0.717, 1.165) is 0 Å². The van der Waals surface area contributed by atoms with Crippen LogP contribution in [-0.4, -0.2) is 18.7 Å². The summed E-state index contributed by atoms with van der Waals surface area (Å²) in [5.74, 6) is -0.235. The van der Waals surface area contributed by atoms with Crippen molar-refractivity contribution < 1.29 is 9.53 Å². The lowest BCUT2D eigenvalue weighted by molar-refractivity contribution is -0.139. The van der Waals surface area contributed by atoms with Gasteiger partial charge in [0, 0.05) is 11.7 Å². The third kappa shape index (κ3) is 4.19. The molecule has 2 aromatic rings. The molecule has 0 aromatic heterocycles. The Bertz CT molecular complexity index is 667. The van der Waals surface area contributed by atoms with Gasteiger partial charge in [-0.2, -0.15) is 0 Å². The van der Waals surface area contributed by atoms with Gasteiger partial charge >= 0.3 is 5.97 Å². The molecule has 1 unspecified atom stereocenters. The van der Waals surface area contributed by atoms with Gasteiger partial charge in [0.05, 0.1) is 13.5 Å². The van der Waals surface area contributed by atoms with E-state index in [1.807, 2.05) is 42.5 Å². The zero-order chi connectivity index (χ0) is 16.7. The van der Waals surface area contributed by atoms with Crippen molar-refractivity contribution in [1.29, 1.82) is 0 Å². The first-order chi connectivity index (χ1) is 11.1. The van der Waals surface area contributed by atoms with Crippen molar-refractivity contribution in [3.8, 4) is 0 Å². The highest BCUT2D eigenvalue weighted by molar-refractivity contribution is 8.22. The number of ether oxygens (including phenoxy) is 1. The van der Waals surface area contributed by atoms with E-state index in [2.05, 4.69) is 42.0 Å². The highest BCUT2D eigenvalue weighted by Crippen LogP contribution is 2.49. The van der Waals surface area contributed by atoms with Crippen LogP contribution in [-0.2, 0) is 21.3 Å². The monoisotopic (exact) mass is 344 g/mol. The fourth-order valence-corrected chi connectivity index (χ4v) is 6.26. The van der Waals surface area contributed by atoms with E-state index in [0.29, 0.717) is 0 Å². The first-order valence-corrected chi connectivity index (χ1v) is 10.4. The molecule has 0 aliphatic carbocycles. The molecule has 0 aliphatic rings. The second-order valence-corrected chi connectivity index (χ2v) is 10.2. The zero-order valence-electron chi connectivity index (χ0n) is 13.4. The normalized spacial score (nSPS) is 13.0. The molecule has 2 nitrogen and oxygen atoms in total. The van der Waals surface area contributed by atoms with Crippen LogP contribution in [0.5, 0.6) is 0 Å². The second kappa shape index (κ2) is 8.24. The Morgan fingerprint density at radius 2 is 1.57 bits per heavy atom. The molecular formula is C19H21O2PS. The standard InChI is InChI=1S/C19H21O2PS/c1-16(10-9-15-19(20)21-2)22(23,17-11-5-3-6-12-17)18-13-7-4-8-14-18/h3-14,16H,15H2,1-2H3/b10-9+. The van der Waals surface area contributed by atoms with Gasteiger partial charge in [-0.15, -0.1) is 0 Å². The van der Waals surface area contributed by atoms with Crippen LogP contribution in [0.3, 0.4) is 0 Å². The smallest absolute Gasteiger partial charge is 0.309 e. The maximum absolute atomic E-state index is 11.3. The molecule has 0 amide bonds. The lowest BCUT2D eigenvalue weighted by Crippen LogP contribution is -2.22. The number of rotatable bonds is 6. The van der Waals surface area contributed by atoms with Crippen LogP contribution in [0.25, 0.3) is 0 Å². The van der Waals surface area contributed by atoms with Crippen molar-refractivity contribution in [3.05, 3.63) is 72.8 Å². The Morgan fingerprint density at radius 1 is 1.09 bits per heavy atom. The predicted octanol–water partition coefficient (Wildman–Crippen LogP) is 3.62. The molecule has 23 heavy (non-hydrogen) atoms. The van der Waals surface area contributed by atoms with Crippen LogP contribution in [0.4, 0.5) is 0 Å². The van der Waals surface area contributed by atoms with Gasteiger partial charge in [0.15, 0.2) is 0 Å². The summed E-state index contributed by atoms with van der Waals surface area (Å²) in [6, 6.07) is 18.6. The number of hydrogen-bond donors (Lipinski definition) is 0. The summed E-state index contributed by atoms with van der Waals surface area (Å²) in [6.07, 6.45) is 4.20. The maximum Gasteiger partial charge on any atom is 0.309 e. The minimum atomic E-state index is -1.99. The van der Waals surface area contributed by atoms with Crippen LogP contribution in [0.2, 0.25) is 0 Å². The van der Waals surface area contributed by atoms with Crippen molar-refractivity contribution in [2.45, 2.75) is 19.0 Å². The van der Waals surface area contributed by atoms with Crippen molar-refractivity contribution in [2.75, 3.05) is 7.11 Å². The Hall–Kier alpha value is -1.70. The average molecular weight is 344 g/mol. The molecule has 0 heterocycles. The molecular weight excluding hydrogens is 323 g/mol. The topological polar surface area (TPSA) is 26.3 Å². The summed E-state index contributed by atoms with van der Waals surface area (Å²) in [5.41, 5.74) is 0.159. The summed E-state index contributed by atoms with van der Waals surface area (Å²) >= 11 is 6.21. The summed E-state index contributed by atoms with van der Waals surface area (Å²) < 4.78 is 4.68. The molecule has 1 atom stereocenters. The van der Waals surface area contributed by atoms with Crippen LogP contribution in [0.1, 0.15) is 13.3 Å². The summed E-state index contributed by atoms with van der Waals surface area (Å²) in [7, 11) is 1.40. The van der Waals surface area contributed by atoms with Crippen LogP contribution >= 0.6 is 6.04 Å². The molecule has 2 aromatic carbocycles. The van der Waals surface area contributed by atoms with Crippen molar-refractivity contribution in [1.82, 2.24) is 0 Å². The number of esters is 1. The number of carbonyl (C=O) groups excluding carboxylic acids is 1. The van der Waals surface area contributed by atoms with Gasteiger partial charge in [0.25, 0.3) is 0 Å². The average Bonchev–Trinajstić information content (AvgIpc) is 2.62. The zero-order valence-corrected chi connectivity index (χ0v) is 15.1. The summed E-state index contributed by atoms with van der Waals surface area (Å²) in [4.78, 5) is 11.3. The first kappa shape index (κ1) is 17.7. The minimum absolute atomic E-state index is 0.159. The number of benzene rings is 2. The predicted molar refractivity (Wildman–Crippen MR) is 102 cm³/mol. The summed E-state index contributed by atoms with van der Waals surface area (Å²) in [6.45, 7) is 2.13. The van der Waals surface area contributed by atoms with Crippen molar-refractivity contribution >= 4 is 34.4 Å². The Labute approximate surface area is 143 Å². The van der Waals surface area contributed by atoms with Gasteiger partial charge in [0.1, 0.15) is 0 Å². The lowest BCUT2D eigenvalue weighted by Gasteiger charge is -2.28. The molecule has 0 saturated carbocycles. The van der Waals surface area contributed by atoms with E-state index in [-0.39, 0.29) is 18.0 Å². The quantitative estimate of drug-likeness (QED) is 0.455. The van der Waals surface area contributed by atoms with E-state index < -0.39 is 6.04 Å². The van der Waals surface area contributed by atoms with Crippen LogP contribution < -0.4 is 10.6 Å². The third-order valence-electron chi connectivity index (χ3n) is 3.78. The van der Waals surface area contributed by atoms with Crippen molar-refractivity contribution in [2.24, 2.45) is 0 Å². The molecule has 4 heteroatoms. The SMILES string of the molecule is COC(=O)C/C=C/C(C)P(=S)(c1ccccc1)c1ccccc1. The highest BCUT2D eigenvalue weighted by atomic mass is 32.4. The number of methoxy groups -OCH3 is 1. The van der Waals surface area contributed by atoms with Gasteiger partial charge < -0.3 is 4.74 Å². The van der Waals surface area contributed by atoms with Crippen LogP contribution in [0.15, 0.2) is 72.8 Å². The maximum atomic E-state index is 11.3. The van der Waals surface area contributed by atoms with Gasteiger partial charge in [-0.3, -0.25) is 4.79 Å². The van der Waals surface area contributed by atoms with E-state index in [4.69, 9.17) is 11.8 Å². The third-order valence-corrected chi connectivity index (χ3v) is 9.49. The number of hydrogen-bond acceptors (Lipinski definition) is 3. The summed E-state index contributed by atoms with van der Waals surface area (Å²) in [5, 5.41) is 2.38. The molecule has 0 N–H and O–H groups in total.